The molecule has 80 valence electrons. The van der Waals surface area contributed by atoms with E-state index < -0.39 is 4.92 Å². The van der Waals surface area contributed by atoms with E-state index in [0.29, 0.717) is 5.56 Å². The van der Waals surface area contributed by atoms with Gasteiger partial charge in [0.15, 0.2) is 0 Å². The van der Waals surface area contributed by atoms with E-state index in [-0.39, 0.29) is 28.1 Å². The van der Waals surface area contributed by atoms with Gasteiger partial charge in [0.05, 0.1) is 22.1 Å². The Bertz CT molecular complexity index is 523. The molecule has 0 bridgehead atoms. The Morgan fingerprint density at radius 3 is 2.06 bits per heavy atom. The Kier molecular flexibility index (Phi) is 2.78. The van der Waals surface area contributed by atoms with Crippen LogP contribution in [-0.2, 0) is 0 Å². The average molecular weight is 216 g/mol. The summed E-state index contributed by atoms with van der Waals surface area (Å²) in [5.74, 6) is 0. The van der Waals surface area contributed by atoms with E-state index in [0.717, 1.165) is 0 Å². The molecule has 2 N–H and O–H groups in total. The van der Waals surface area contributed by atoms with Gasteiger partial charge in [0.2, 0.25) is 0 Å². The molecule has 0 unspecified atom stereocenters. The van der Waals surface area contributed by atoms with Crippen LogP contribution in [0.15, 0.2) is 0 Å². The van der Waals surface area contributed by atoms with Gasteiger partial charge < -0.3 is 5.73 Å². The second-order valence-electron chi connectivity index (χ2n) is 3.24. The first-order valence-electron chi connectivity index (χ1n) is 4.32. The number of nitro benzene ring substituents is 1. The minimum absolute atomic E-state index is 0.00569. The van der Waals surface area contributed by atoms with Gasteiger partial charge in [-0.1, -0.05) is 0 Å². The van der Waals surface area contributed by atoms with Crippen molar-refractivity contribution in [2.24, 2.45) is 0 Å². The minimum Gasteiger partial charge on any atom is -0.392 e. The molecule has 6 heteroatoms. The van der Waals surface area contributed by atoms with Crippen molar-refractivity contribution in [1.29, 1.82) is 10.5 Å². The molecule has 0 aliphatic carbocycles. The molecule has 0 aromatic heterocycles. The Morgan fingerprint density at radius 1 is 1.19 bits per heavy atom. The van der Waals surface area contributed by atoms with Crippen molar-refractivity contribution in [1.82, 2.24) is 0 Å². The number of nitrogens with two attached hydrogens (primary N) is 1. The lowest BCUT2D eigenvalue weighted by molar-refractivity contribution is -0.384. The van der Waals surface area contributed by atoms with E-state index in [9.17, 15) is 10.1 Å². The molecule has 1 rings (SSSR count). The quantitative estimate of drug-likeness (QED) is 0.434. The molecule has 0 saturated heterocycles. The number of hydrogen-bond donors (Lipinski definition) is 1. The maximum Gasteiger partial charge on any atom is 0.297 e. The minimum atomic E-state index is -0.675. The summed E-state index contributed by atoms with van der Waals surface area (Å²) in [6.45, 7) is 2.99. The molecule has 0 amide bonds. The van der Waals surface area contributed by atoms with Crippen molar-refractivity contribution >= 4 is 11.4 Å². The van der Waals surface area contributed by atoms with Crippen molar-refractivity contribution in [3.05, 3.63) is 32.4 Å². The molecule has 1 aromatic rings. The monoisotopic (exact) mass is 216 g/mol. The molecule has 0 atom stereocenters. The van der Waals surface area contributed by atoms with Crippen LogP contribution in [0.2, 0.25) is 0 Å². The van der Waals surface area contributed by atoms with Crippen LogP contribution in [0.3, 0.4) is 0 Å². The molecular formula is C10H8N4O2. The highest BCUT2D eigenvalue weighted by Gasteiger charge is 2.25. The molecule has 0 saturated carbocycles. The topological polar surface area (TPSA) is 117 Å². The lowest BCUT2D eigenvalue weighted by Crippen LogP contribution is -2.05. The van der Waals surface area contributed by atoms with Crippen molar-refractivity contribution < 1.29 is 4.92 Å². The van der Waals surface area contributed by atoms with Crippen molar-refractivity contribution in [3.8, 4) is 12.1 Å². The fourth-order valence-electron chi connectivity index (χ4n) is 1.59. The van der Waals surface area contributed by atoms with Gasteiger partial charge in [-0.15, -0.1) is 0 Å². The zero-order chi connectivity index (χ0) is 12.5. The standard InChI is InChI=1S/C10H8N4O2/c1-5-7(3-11)6(2)10(14(15)16)9(13)8(5)4-12/h13H2,1-2H3. The molecular weight excluding hydrogens is 208 g/mol. The van der Waals surface area contributed by atoms with Crippen LogP contribution in [0.5, 0.6) is 0 Å². The van der Waals surface area contributed by atoms with Gasteiger partial charge in [0.1, 0.15) is 11.8 Å². The highest BCUT2D eigenvalue weighted by atomic mass is 16.6. The van der Waals surface area contributed by atoms with E-state index in [1.807, 2.05) is 6.07 Å². The Morgan fingerprint density at radius 2 is 1.69 bits per heavy atom. The first-order valence-corrected chi connectivity index (χ1v) is 4.32. The summed E-state index contributed by atoms with van der Waals surface area (Å²) in [5, 5.41) is 28.5. The molecule has 1 aromatic carbocycles. The number of nitriles is 2. The molecule has 16 heavy (non-hydrogen) atoms. The fourth-order valence-corrected chi connectivity index (χ4v) is 1.59. The van der Waals surface area contributed by atoms with Gasteiger partial charge in [0.25, 0.3) is 5.69 Å². The summed E-state index contributed by atoms with van der Waals surface area (Å²) in [6, 6.07) is 3.63. The van der Waals surface area contributed by atoms with Gasteiger partial charge in [-0.05, 0) is 19.4 Å². The molecule has 0 radical (unpaired) electrons. The third kappa shape index (κ3) is 1.43. The van der Waals surface area contributed by atoms with Gasteiger partial charge in [-0.3, -0.25) is 10.1 Å². The Hall–Kier alpha value is -2.60. The maximum absolute atomic E-state index is 10.8. The number of anilines is 1. The van der Waals surface area contributed by atoms with Gasteiger partial charge >= 0.3 is 0 Å². The largest absolute Gasteiger partial charge is 0.392 e. The van der Waals surface area contributed by atoms with Crippen LogP contribution in [0.25, 0.3) is 0 Å². The molecule has 0 spiro atoms. The number of nitro groups is 1. The number of nitrogen functional groups attached to an aromatic ring is 1. The third-order valence-electron chi connectivity index (χ3n) is 2.41. The van der Waals surface area contributed by atoms with E-state index in [2.05, 4.69) is 0 Å². The second kappa shape index (κ2) is 3.87. The highest BCUT2D eigenvalue weighted by Crippen LogP contribution is 2.34. The zero-order valence-corrected chi connectivity index (χ0v) is 8.74. The first kappa shape index (κ1) is 11.5. The van der Waals surface area contributed by atoms with Crippen LogP contribution in [0, 0.1) is 46.6 Å². The van der Waals surface area contributed by atoms with Crippen LogP contribution in [0.1, 0.15) is 22.3 Å². The molecule has 6 nitrogen and oxygen atoms in total. The SMILES string of the molecule is Cc1c(C#N)c(C)c([N+](=O)[O-])c(N)c1C#N. The number of benzene rings is 1. The van der Waals surface area contributed by atoms with Crippen molar-refractivity contribution in [2.75, 3.05) is 5.73 Å². The number of nitrogens with zero attached hydrogens (tertiary/aromatic N) is 3. The number of hydrogen-bond acceptors (Lipinski definition) is 5. The molecule has 0 fully saturated rings. The summed E-state index contributed by atoms with van der Waals surface area (Å²) in [7, 11) is 0. The summed E-state index contributed by atoms with van der Waals surface area (Å²) in [5.41, 5.74) is 5.71. The summed E-state index contributed by atoms with van der Waals surface area (Å²) in [4.78, 5) is 10.1. The van der Waals surface area contributed by atoms with E-state index in [1.54, 1.807) is 13.0 Å². The second-order valence-corrected chi connectivity index (χ2v) is 3.24. The predicted molar refractivity (Wildman–Crippen MR) is 56.4 cm³/mol. The number of rotatable bonds is 1. The van der Waals surface area contributed by atoms with Crippen LogP contribution in [-0.4, -0.2) is 4.92 Å². The van der Waals surface area contributed by atoms with Gasteiger partial charge in [0, 0.05) is 5.56 Å². The highest BCUT2D eigenvalue weighted by molar-refractivity contribution is 5.76. The van der Waals surface area contributed by atoms with E-state index in [4.69, 9.17) is 16.3 Å². The predicted octanol–water partition coefficient (Wildman–Crippen LogP) is 1.54. The van der Waals surface area contributed by atoms with Crippen molar-refractivity contribution in [3.63, 3.8) is 0 Å². The maximum atomic E-state index is 10.8. The fraction of sp³-hybridized carbons (Fsp3) is 0.200. The van der Waals surface area contributed by atoms with Crippen LogP contribution < -0.4 is 5.73 Å². The van der Waals surface area contributed by atoms with Gasteiger partial charge in [-0.25, -0.2) is 0 Å². The first-order chi connectivity index (χ1) is 7.45. The van der Waals surface area contributed by atoms with Crippen molar-refractivity contribution in [2.45, 2.75) is 13.8 Å². The lowest BCUT2D eigenvalue weighted by Gasteiger charge is -2.08. The molecule has 0 aliphatic heterocycles. The van der Waals surface area contributed by atoms with Gasteiger partial charge in [-0.2, -0.15) is 10.5 Å². The smallest absolute Gasteiger partial charge is 0.297 e. The van der Waals surface area contributed by atoms with Crippen LogP contribution >= 0.6 is 0 Å². The molecule has 0 aliphatic rings. The summed E-state index contributed by atoms with van der Waals surface area (Å²) in [6.07, 6.45) is 0. The lowest BCUT2D eigenvalue weighted by atomic mass is 9.95. The Balaban J connectivity index is 3.88. The Labute approximate surface area is 91.7 Å². The summed E-state index contributed by atoms with van der Waals surface area (Å²) < 4.78 is 0. The molecule has 0 heterocycles. The average Bonchev–Trinajstić information content (AvgIpc) is 2.18. The summed E-state index contributed by atoms with van der Waals surface area (Å²) >= 11 is 0. The van der Waals surface area contributed by atoms with E-state index in [1.165, 1.54) is 6.92 Å². The van der Waals surface area contributed by atoms with Crippen LogP contribution in [0.4, 0.5) is 11.4 Å². The third-order valence-corrected chi connectivity index (χ3v) is 2.41. The van der Waals surface area contributed by atoms with E-state index >= 15 is 0 Å². The normalized spacial score (nSPS) is 9.25. The zero-order valence-electron chi connectivity index (χ0n) is 8.74.